The standard InChI is InChI=1S/C16H20F2N2O/c17-10-4-5-15(18)13(7-10)12-8-14(12)16(21)20-6-2-1-3-11(20)9-19/h4-5,7,11-12,14H,1-3,6,8-9,19H2/t11-,12-,14-/m0/s1. The van der Waals surface area contributed by atoms with E-state index in [1.165, 1.54) is 6.07 Å². The Balaban J connectivity index is 1.72. The summed E-state index contributed by atoms with van der Waals surface area (Å²) in [6, 6.07) is 3.55. The summed E-state index contributed by atoms with van der Waals surface area (Å²) in [5.74, 6) is -1.23. The smallest absolute Gasteiger partial charge is 0.226 e. The molecular formula is C16H20F2N2O. The summed E-state index contributed by atoms with van der Waals surface area (Å²) >= 11 is 0. The number of halogens is 2. The number of hydrogen-bond acceptors (Lipinski definition) is 2. The van der Waals surface area contributed by atoms with Gasteiger partial charge >= 0.3 is 0 Å². The lowest BCUT2D eigenvalue weighted by Crippen LogP contribution is -2.48. The third-order valence-corrected chi connectivity index (χ3v) is 4.65. The monoisotopic (exact) mass is 294 g/mol. The average Bonchev–Trinajstić information content (AvgIpc) is 3.29. The van der Waals surface area contributed by atoms with Crippen molar-refractivity contribution >= 4 is 5.91 Å². The normalized spacial score (nSPS) is 28.5. The first-order valence-electron chi connectivity index (χ1n) is 7.57. The van der Waals surface area contributed by atoms with Crippen molar-refractivity contribution in [3.05, 3.63) is 35.4 Å². The van der Waals surface area contributed by atoms with Crippen LogP contribution in [0, 0.1) is 17.6 Å². The molecule has 1 aromatic rings. The SMILES string of the molecule is NC[C@@H]1CCCCN1C(=O)[C@H]1C[C@H]1c1cc(F)ccc1F. The Morgan fingerprint density at radius 3 is 2.90 bits per heavy atom. The molecule has 0 radical (unpaired) electrons. The van der Waals surface area contributed by atoms with Gasteiger partial charge in [0, 0.05) is 25.0 Å². The van der Waals surface area contributed by atoms with Gasteiger partial charge in [-0.3, -0.25) is 4.79 Å². The van der Waals surface area contributed by atoms with Gasteiger partial charge in [0.25, 0.3) is 0 Å². The van der Waals surface area contributed by atoms with Gasteiger partial charge in [-0.05, 0) is 55.4 Å². The van der Waals surface area contributed by atoms with E-state index < -0.39 is 11.6 Å². The lowest BCUT2D eigenvalue weighted by Gasteiger charge is -2.35. The second kappa shape index (κ2) is 5.72. The summed E-state index contributed by atoms with van der Waals surface area (Å²) in [6.45, 7) is 1.20. The maximum atomic E-state index is 13.8. The second-order valence-corrected chi connectivity index (χ2v) is 6.03. The largest absolute Gasteiger partial charge is 0.338 e. The highest BCUT2D eigenvalue weighted by molar-refractivity contribution is 5.83. The summed E-state index contributed by atoms with van der Waals surface area (Å²) in [6.07, 6.45) is 3.63. The average molecular weight is 294 g/mol. The van der Waals surface area contributed by atoms with Gasteiger partial charge in [-0.25, -0.2) is 8.78 Å². The number of rotatable bonds is 3. The van der Waals surface area contributed by atoms with Crippen LogP contribution in [0.2, 0.25) is 0 Å². The number of hydrogen-bond donors (Lipinski definition) is 1. The minimum atomic E-state index is -0.456. The molecule has 21 heavy (non-hydrogen) atoms. The van der Waals surface area contributed by atoms with Crippen molar-refractivity contribution in [2.24, 2.45) is 11.7 Å². The lowest BCUT2D eigenvalue weighted by molar-refractivity contribution is -0.136. The minimum Gasteiger partial charge on any atom is -0.338 e. The molecule has 2 N–H and O–H groups in total. The molecule has 1 aliphatic heterocycles. The number of nitrogens with zero attached hydrogens (tertiary/aromatic N) is 1. The van der Waals surface area contributed by atoms with E-state index in [0.717, 1.165) is 37.9 Å². The van der Waals surface area contributed by atoms with Gasteiger partial charge in [0.05, 0.1) is 0 Å². The number of carbonyl (C=O) groups is 1. The second-order valence-electron chi connectivity index (χ2n) is 6.03. The van der Waals surface area contributed by atoms with Gasteiger partial charge < -0.3 is 10.6 Å². The Labute approximate surface area is 123 Å². The molecule has 1 saturated carbocycles. The van der Waals surface area contributed by atoms with Gasteiger partial charge in [-0.2, -0.15) is 0 Å². The van der Waals surface area contributed by atoms with Gasteiger partial charge in [0.2, 0.25) is 5.91 Å². The molecule has 3 atom stereocenters. The molecular weight excluding hydrogens is 274 g/mol. The molecule has 3 nitrogen and oxygen atoms in total. The maximum Gasteiger partial charge on any atom is 0.226 e. The molecule has 1 amide bonds. The van der Waals surface area contributed by atoms with Gasteiger partial charge in [-0.1, -0.05) is 0 Å². The van der Waals surface area contributed by atoms with Gasteiger partial charge in [0.1, 0.15) is 11.6 Å². The predicted octanol–water partition coefficient (Wildman–Crippen LogP) is 2.41. The van der Waals surface area contributed by atoms with Crippen molar-refractivity contribution < 1.29 is 13.6 Å². The summed E-state index contributed by atoms with van der Waals surface area (Å²) in [4.78, 5) is 14.4. The summed E-state index contributed by atoms with van der Waals surface area (Å²) in [7, 11) is 0. The van der Waals surface area contributed by atoms with E-state index in [-0.39, 0.29) is 23.8 Å². The van der Waals surface area contributed by atoms with Crippen LogP contribution in [0.1, 0.15) is 37.2 Å². The molecule has 2 aliphatic rings. The maximum absolute atomic E-state index is 13.8. The molecule has 1 saturated heterocycles. The molecule has 0 bridgehead atoms. The Bertz CT molecular complexity index is 549. The number of likely N-dealkylation sites (tertiary alicyclic amines) is 1. The fraction of sp³-hybridized carbons (Fsp3) is 0.562. The highest BCUT2D eigenvalue weighted by Gasteiger charge is 2.48. The Morgan fingerprint density at radius 1 is 1.33 bits per heavy atom. The third kappa shape index (κ3) is 2.79. The van der Waals surface area contributed by atoms with E-state index in [9.17, 15) is 13.6 Å². The topological polar surface area (TPSA) is 46.3 Å². The molecule has 2 fully saturated rings. The summed E-state index contributed by atoms with van der Waals surface area (Å²) < 4.78 is 27.0. The zero-order chi connectivity index (χ0) is 15.0. The van der Waals surface area contributed by atoms with Crippen molar-refractivity contribution in [1.29, 1.82) is 0 Å². The number of benzene rings is 1. The van der Waals surface area contributed by atoms with Crippen LogP contribution in [0.4, 0.5) is 8.78 Å². The van der Waals surface area contributed by atoms with Crippen molar-refractivity contribution in [2.75, 3.05) is 13.1 Å². The Morgan fingerprint density at radius 2 is 2.14 bits per heavy atom. The van der Waals surface area contributed by atoms with Crippen LogP contribution in [-0.2, 0) is 4.79 Å². The van der Waals surface area contributed by atoms with Crippen LogP contribution in [0.15, 0.2) is 18.2 Å². The molecule has 0 unspecified atom stereocenters. The van der Waals surface area contributed by atoms with Crippen molar-refractivity contribution in [3.63, 3.8) is 0 Å². The molecule has 0 aromatic heterocycles. The molecule has 1 aromatic carbocycles. The van der Waals surface area contributed by atoms with Crippen molar-refractivity contribution in [1.82, 2.24) is 4.90 Å². The highest BCUT2D eigenvalue weighted by atomic mass is 19.1. The third-order valence-electron chi connectivity index (χ3n) is 4.65. The number of nitrogens with two attached hydrogens (primary N) is 1. The van der Waals surface area contributed by atoms with Crippen LogP contribution in [-0.4, -0.2) is 29.9 Å². The molecule has 3 rings (SSSR count). The van der Waals surface area contributed by atoms with E-state index >= 15 is 0 Å². The number of carbonyl (C=O) groups excluding carboxylic acids is 1. The Hall–Kier alpha value is -1.49. The molecule has 1 aliphatic carbocycles. The van der Waals surface area contributed by atoms with E-state index in [0.29, 0.717) is 18.5 Å². The van der Waals surface area contributed by atoms with Crippen molar-refractivity contribution in [2.45, 2.75) is 37.6 Å². The first kappa shape index (κ1) is 14.4. The van der Waals surface area contributed by atoms with Crippen molar-refractivity contribution in [3.8, 4) is 0 Å². The quantitative estimate of drug-likeness (QED) is 0.930. The van der Waals surface area contributed by atoms with E-state index in [1.54, 1.807) is 0 Å². The first-order chi connectivity index (χ1) is 10.1. The molecule has 0 spiro atoms. The van der Waals surface area contributed by atoms with Crippen LogP contribution in [0.25, 0.3) is 0 Å². The van der Waals surface area contributed by atoms with E-state index in [1.807, 2.05) is 4.90 Å². The zero-order valence-electron chi connectivity index (χ0n) is 11.9. The Kier molecular flexibility index (Phi) is 3.93. The fourth-order valence-electron chi connectivity index (χ4n) is 3.36. The molecule has 1 heterocycles. The van der Waals surface area contributed by atoms with E-state index in [2.05, 4.69) is 0 Å². The van der Waals surface area contributed by atoms with Crippen LogP contribution < -0.4 is 5.73 Å². The first-order valence-corrected chi connectivity index (χ1v) is 7.57. The minimum absolute atomic E-state index is 0.0545. The summed E-state index contributed by atoms with van der Waals surface area (Å²) in [5, 5.41) is 0. The van der Waals surface area contributed by atoms with E-state index in [4.69, 9.17) is 5.73 Å². The van der Waals surface area contributed by atoms with Gasteiger partial charge in [-0.15, -0.1) is 0 Å². The zero-order valence-corrected chi connectivity index (χ0v) is 11.9. The molecule has 5 heteroatoms. The highest BCUT2D eigenvalue weighted by Crippen LogP contribution is 2.49. The van der Waals surface area contributed by atoms with Crippen LogP contribution >= 0.6 is 0 Å². The van der Waals surface area contributed by atoms with Gasteiger partial charge in [0.15, 0.2) is 0 Å². The molecule has 114 valence electrons. The fourth-order valence-corrected chi connectivity index (χ4v) is 3.36. The van der Waals surface area contributed by atoms with Crippen LogP contribution in [0.3, 0.4) is 0 Å². The predicted molar refractivity (Wildman–Crippen MR) is 75.6 cm³/mol. The number of amides is 1. The van der Waals surface area contributed by atoms with Crippen LogP contribution in [0.5, 0.6) is 0 Å². The summed E-state index contributed by atoms with van der Waals surface area (Å²) in [5.41, 5.74) is 6.07. The lowest BCUT2D eigenvalue weighted by atomic mass is 10.0. The number of piperidine rings is 1.